The zero-order valence-electron chi connectivity index (χ0n) is 18.6. The van der Waals surface area contributed by atoms with Gasteiger partial charge in [-0.2, -0.15) is 4.98 Å². The molecule has 33 heavy (non-hydrogen) atoms. The van der Waals surface area contributed by atoms with Crippen LogP contribution in [-0.2, 0) is 13.0 Å². The van der Waals surface area contributed by atoms with Crippen molar-refractivity contribution in [3.05, 3.63) is 70.4 Å². The van der Waals surface area contributed by atoms with Crippen LogP contribution in [0, 0.1) is 0 Å². The number of fused-ring (bicyclic) bond motifs is 1. The number of halogens is 1. The number of anilines is 1. The molecule has 4 rings (SSSR count). The zero-order chi connectivity index (χ0) is 23.5. The molecule has 1 aromatic heterocycles. The fourth-order valence-electron chi connectivity index (χ4n) is 3.89. The topological polar surface area (TPSA) is 91.1 Å². The molecule has 0 saturated carbocycles. The number of carbonyl (C=O) groups is 1. The lowest BCUT2D eigenvalue weighted by Gasteiger charge is -2.38. The summed E-state index contributed by atoms with van der Waals surface area (Å²) in [7, 11) is 1.67. The highest BCUT2D eigenvalue weighted by Crippen LogP contribution is 2.35. The van der Waals surface area contributed by atoms with Gasteiger partial charge in [0.05, 0.1) is 6.54 Å². The summed E-state index contributed by atoms with van der Waals surface area (Å²) in [4.78, 5) is 20.9. The predicted molar refractivity (Wildman–Crippen MR) is 126 cm³/mol. The number of carbonyl (C=O) groups excluding carboxylic acids is 1. The number of imidazole rings is 1. The van der Waals surface area contributed by atoms with Crippen LogP contribution in [0.3, 0.4) is 0 Å². The summed E-state index contributed by atoms with van der Waals surface area (Å²) in [6.07, 6.45) is -0.0589. The quantitative estimate of drug-likeness (QED) is 0.523. The van der Waals surface area contributed by atoms with Gasteiger partial charge in [0.1, 0.15) is 5.75 Å². The number of benzene rings is 2. The molecule has 2 N–H and O–H groups in total. The number of aromatic nitrogens is 2. The van der Waals surface area contributed by atoms with Crippen molar-refractivity contribution in [2.45, 2.75) is 32.7 Å². The number of rotatable bonds is 8. The van der Waals surface area contributed by atoms with Crippen LogP contribution in [0.1, 0.15) is 35.0 Å². The number of ether oxygens (including phenoxy) is 1. The van der Waals surface area contributed by atoms with E-state index in [0.717, 1.165) is 17.5 Å². The van der Waals surface area contributed by atoms with Crippen molar-refractivity contribution in [2.24, 2.45) is 0 Å². The van der Waals surface area contributed by atoms with Crippen molar-refractivity contribution in [1.82, 2.24) is 14.5 Å². The average molecular weight is 471 g/mol. The monoisotopic (exact) mass is 470 g/mol. The molecule has 174 valence electrons. The molecule has 3 aromatic rings. The molecule has 1 aliphatic rings. The van der Waals surface area contributed by atoms with Crippen molar-refractivity contribution in [1.29, 1.82) is 0 Å². The van der Waals surface area contributed by atoms with E-state index in [1.807, 2.05) is 43.3 Å². The van der Waals surface area contributed by atoms with E-state index in [-0.39, 0.29) is 25.1 Å². The largest absolute Gasteiger partial charge is 0.425 e. The van der Waals surface area contributed by atoms with Gasteiger partial charge in [0.2, 0.25) is 6.35 Å². The maximum Gasteiger partial charge on any atom is 0.304 e. The van der Waals surface area contributed by atoms with Gasteiger partial charge in [-0.1, -0.05) is 48.9 Å². The van der Waals surface area contributed by atoms with Gasteiger partial charge in [-0.05, 0) is 42.2 Å². The second kappa shape index (κ2) is 9.82. The fraction of sp³-hybridized carbons (Fsp3) is 0.333. The van der Waals surface area contributed by atoms with Crippen LogP contribution >= 0.6 is 11.6 Å². The normalized spacial score (nSPS) is 15.7. The first kappa shape index (κ1) is 23.1. The molecule has 0 fully saturated rings. The Morgan fingerprint density at radius 3 is 2.58 bits per heavy atom. The lowest BCUT2D eigenvalue weighted by Crippen LogP contribution is -2.54. The number of nitrogens with zero attached hydrogens (tertiary/aromatic N) is 4. The van der Waals surface area contributed by atoms with Gasteiger partial charge in [-0.25, -0.2) is 0 Å². The van der Waals surface area contributed by atoms with E-state index >= 15 is 0 Å². The van der Waals surface area contributed by atoms with E-state index < -0.39 is 6.35 Å². The number of hydrogen-bond acceptors (Lipinski definition) is 6. The molecule has 1 atom stereocenters. The maximum absolute atomic E-state index is 13.5. The third kappa shape index (κ3) is 4.55. The van der Waals surface area contributed by atoms with Gasteiger partial charge in [0.25, 0.3) is 5.91 Å². The third-order valence-corrected chi connectivity index (χ3v) is 5.95. The van der Waals surface area contributed by atoms with Gasteiger partial charge in [0, 0.05) is 25.2 Å². The summed E-state index contributed by atoms with van der Waals surface area (Å²) in [6, 6.07) is 15.3. The van der Waals surface area contributed by atoms with Gasteiger partial charge < -0.3 is 19.8 Å². The first-order valence-corrected chi connectivity index (χ1v) is 11.3. The molecule has 8 nitrogen and oxygen atoms in total. The summed E-state index contributed by atoms with van der Waals surface area (Å²) < 4.78 is 7.96. The smallest absolute Gasteiger partial charge is 0.304 e. The summed E-state index contributed by atoms with van der Waals surface area (Å²) in [6.45, 7) is 2.49. The highest BCUT2D eigenvalue weighted by molar-refractivity contribution is 6.30. The van der Waals surface area contributed by atoms with Crippen LogP contribution < -0.4 is 9.64 Å². The Morgan fingerprint density at radius 1 is 1.15 bits per heavy atom. The summed E-state index contributed by atoms with van der Waals surface area (Å²) in [5.74, 6) is 0.627. The van der Waals surface area contributed by atoms with Crippen LogP contribution in [0.4, 0.5) is 5.82 Å². The minimum Gasteiger partial charge on any atom is -0.425 e. The number of aliphatic hydroxyl groups is 2. The van der Waals surface area contributed by atoms with E-state index in [9.17, 15) is 15.0 Å². The van der Waals surface area contributed by atoms with E-state index in [4.69, 9.17) is 16.3 Å². The third-order valence-electron chi connectivity index (χ3n) is 5.70. The molecule has 1 aliphatic heterocycles. The SMILES string of the molecule is CCc1ccccc1Oc1nc2c(n1Cc1ccc(Cl)cc1)C(=O)N(CCCO)C(O)N2C. The Bertz CT molecular complexity index is 1130. The molecule has 9 heteroatoms. The standard InChI is InChI=1S/C24H27ClN4O4/c1-3-17-7-4-5-8-19(17)33-23-26-21-20(29(23)15-16-9-11-18(25)12-10-16)22(31)28(13-6-14-30)24(32)27(21)2/h4-5,7-12,24,30,32H,3,6,13-15H2,1-2H3. The maximum atomic E-state index is 13.5. The molecular formula is C24H27ClN4O4. The van der Waals surface area contributed by atoms with Gasteiger partial charge in [0.15, 0.2) is 11.5 Å². The number of aryl methyl sites for hydroxylation is 1. The van der Waals surface area contributed by atoms with Gasteiger partial charge in [-0.3, -0.25) is 14.3 Å². The molecule has 0 saturated heterocycles. The number of aliphatic hydroxyl groups excluding tert-OH is 2. The first-order chi connectivity index (χ1) is 15.9. The van der Waals surface area contributed by atoms with Crippen molar-refractivity contribution in [2.75, 3.05) is 25.1 Å². The van der Waals surface area contributed by atoms with Gasteiger partial charge >= 0.3 is 6.01 Å². The molecule has 0 radical (unpaired) electrons. The van der Waals surface area contributed by atoms with Crippen molar-refractivity contribution < 1.29 is 19.7 Å². The summed E-state index contributed by atoms with van der Waals surface area (Å²) >= 11 is 6.05. The molecule has 0 aliphatic carbocycles. The number of amides is 1. The van der Waals surface area contributed by atoms with Crippen LogP contribution in [0.5, 0.6) is 11.8 Å². The fourth-order valence-corrected chi connectivity index (χ4v) is 4.01. The molecule has 1 unspecified atom stereocenters. The first-order valence-electron chi connectivity index (χ1n) is 10.9. The van der Waals surface area contributed by atoms with E-state index in [1.165, 1.54) is 9.80 Å². The molecular weight excluding hydrogens is 444 g/mol. The second-order valence-corrected chi connectivity index (χ2v) is 8.31. The molecule has 1 amide bonds. The van der Waals surface area contributed by atoms with Crippen LogP contribution in [-0.4, -0.2) is 57.1 Å². The Kier molecular flexibility index (Phi) is 6.88. The minimum absolute atomic E-state index is 0.0841. The second-order valence-electron chi connectivity index (χ2n) is 7.88. The van der Waals surface area contributed by atoms with Crippen molar-refractivity contribution in [3.63, 3.8) is 0 Å². The predicted octanol–water partition coefficient (Wildman–Crippen LogP) is 3.49. The summed E-state index contributed by atoms with van der Waals surface area (Å²) in [5, 5.41) is 20.6. The van der Waals surface area contributed by atoms with Crippen LogP contribution in [0.25, 0.3) is 0 Å². The molecule has 2 aromatic carbocycles. The Hall–Kier alpha value is -3.07. The summed E-state index contributed by atoms with van der Waals surface area (Å²) in [5.41, 5.74) is 2.25. The number of para-hydroxylation sites is 1. The number of hydrogen-bond donors (Lipinski definition) is 2. The zero-order valence-corrected chi connectivity index (χ0v) is 19.4. The van der Waals surface area contributed by atoms with E-state index in [0.29, 0.717) is 35.2 Å². The van der Waals surface area contributed by atoms with E-state index in [2.05, 4.69) is 4.98 Å². The van der Waals surface area contributed by atoms with Crippen molar-refractivity contribution in [3.8, 4) is 11.8 Å². The average Bonchev–Trinajstić information content (AvgIpc) is 3.17. The molecule has 2 heterocycles. The lowest BCUT2D eigenvalue weighted by atomic mass is 10.1. The van der Waals surface area contributed by atoms with Crippen molar-refractivity contribution >= 4 is 23.3 Å². The minimum atomic E-state index is -1.19. The molecule has 0 bridgehead atoms. The highest BCUT2D eigenvalue weighted by atomic mass is 35.5. The van der Waals surface area contributed by atoms with E-state index in [1.54, 1.807) is 23.7 Å². The van der Waals surface area contributed by atoms with Crippen LogP contribution in [0.2, 0.25) is 5.02 Å². The Balaban J connectivity index is 1.81. The molecule has 0 spiro atoms. The van der Waals surface area contributed by atoms with Crippen LogP contribution in [0.15, 0.2) is 48.5 Å². The highest BCUT2D eigenvalue weighted by Gasteiger charge is 2.40. The lowest BCUT2D eigenvalue weighted by molar-refractivity contribution is 0.00112. The van der Waals surface area contributed by atoms with Gasteiger partial charge in [-0.15, -0.1) is 0 Å². The Labute approximate surface area is 197 Å². The Morgan fingerprint density at radius 2 is 1.88 bits per heavy atom.